The first kappa shape index (κ1) is 10.4. The third kappa shape index (κ3) is 2.67. The Morgan fingerprint density at radius 3 is 3.29 bits per heavy atom. The molecule has 2 heterocycles. The number of hydrogen-bond acceptors (Lipinski definition) is 4. The summed E-state index contributed by atoms with van der Waals surface area (Å²) in [6.07, 6.45) is 0. The first-order valence-electron chi connectivity index (χ1n) is 4.79. The van der Waals surface area contributed by atoms with Gasteiger partial charge in [0.05, 0.1) is 5.69 Å². The van der Waals surface area contributed by atoms with E-state index >= 15 is 0 Å². The lowest BCUT2D eigenvalue weighted by molar-refractivity contribution is 0.198. The second kappa shape index (κ2) is 4.57. The van der Waals surface area contributed by atoms with Crippen LogP contribution in [0.4, 0.5) is 0 Å². The second-order valence-electron chi connectivity index (χ2n) is 3.68. The Bertz CT molecular complexity index is 302. The SMILES string of the molecule is CC1CN(Cc2csc(Cl)n2)CCN1. The summed E-state index contributed by atoms with van der Waals surface area (Å²) in [5.41, 5.74) is 1.09. The molecule has 0 radical (unpaired) electrons. The van der Waals surface area contributed by atoms with Gasteiger partial charge in [-0.05, 0) is 6.92 Å². The summed E-state index contributed by atoms with van der Waals surface area (Å²) in [6.45, 7) is 6.39. The maximum absolute atomic E-state index is 5.78. The third-order valence-corrected chi connectivity index (χ3v) is 3.39. The average Bonchev–Trinajstić information content (AvgIpc) is 2.51. The van der Waals surface area contributed by atoms with Gasteiger partial charge in [-0.3, -0.25) is 4.90 Å². The third-order valence-electron chi connectivity index (χ3n) is 2.36. The van der Waals surface area contributed by atoms with E-state index in [0.717, 1.165) is 31.9 Å². The first-order valence-corrected chi connectivity index (χ1v) is 6.05. The lowest BCUT2D eigenvalue weighted by Crippen LogP contribution is -2.48. The van der Waals surface area contributed by atoms with Crippen LogP contribution >= 0.6 is 22.9 Å². The standard InChI is InChI=1S/C9H14ClN3S/c1-7-4-13(3-2-11-7)5-8-6-14-9(10)12-8/h6-7,11H,2-5H2,1H3. The van der Waals surface area contributed by atoms with Crippen molar-refractivity contribution in [2.75, 3.05) is 19.6 Å². The molecule has 0 spiro atoms. The molecule has 5 heteroatoms. The molecule has 3 nitrogen and oxygen atoms in total. The van der Waals surface area contributed by atoms with Crippen molar-refractivity contribution in [2.24, 2.45) is 0 Å². The van der Waals surface area contributed by atoms with Crippen molar-refractivity contribution in [3.05, 3.63) is 15.5 Å². The van der Waals surface area contributed by atoms with Crippen molar-refractivity contribution < 1.29 is 0 Å². The summed E-state index contributed by atoms with van der Waals surface area (Å²) in [6, 6.07) is 0.581. The molecule has 1 aliphatic heterocycles. The molecule has 1 atom stereocenters. The monoisotopic (exact) mass is 231 g/mol. The number of nitrogens with one attached hydrogen (secondary N) is 1. The van der Waals surface area contributed by atoms with Gasteiger partial charge in [0.1, 0.15) is 0 Å². The van der Waals surface area contributed by atoms with Crippen molar-refractivity contribution >= 4 is 22.9 Å². The van der Waals surface area contributed by atoms with Gasteiger partial charge in [-0.25, -0.2) is 4.98 Å². The highest BCUT2D eigenvalue weighted by molar-refractivity contribution is 7.13. The van der Waals surface area contributed by atoms with Crippen LogP contribution in [0.5, 0.6) is 0 Å². The number of aromatic nitrogens is 1. The highest BCUT2D eigenvalue weighted by Crippen LogP contribution is 2.16. The molecular weight excluding hydrogens is 218 g/mol. The number of thiazole rings is 1. The van der Waals surface area contributed by atoms with Gasteiger partial charge < -0.3 is 5.32 Å². The van der Waals surface area contributed by atoms with Gasteiger partial charge in [0.15, 0.2) is 4.47 Å². The van der Waals surface area contributed by atoms with E-state index in [-0.39, 0.29) is 0 Å². The lowest BCUT2D eigenvalue weighted by atomic mass is 10.2. The zero-order valence-corrected chi connectivity index (χ0v) is 9.74. The highest BCUT2D eigenvalue weighted by atomic mass is 35.5. The van der Waals surface area contributed by atoms with E-state index in [1.54, 1.807) is 0 Å². The van der Waals surface area contributed by atoms with E-state index in [1.807, 2.05) is 5.38 Å². The molecule has 1 aromatic heterocycles. The first-order chi connectivity index (χ1) is 6.74. The van der Waals surface area contributed by atoms with E-state index in [9.17, 15) is 0 Å². The van der Waals surface area contributed by atoms with E-state index in [1.165, 1.54) is 11.3 Å². The molecule has 14 heavy (non-hydrogen) atoms. The van der Waals surface area contributed by atoms with Crippen LogP contribution in [-0.4, -0.2) is 35.6 Å². The fraction of sp³-hybridized carbons (Fsp3) is 0.667. The summed E-state index contributed by atoms with van der Waals surface area (Å²) < 4.78 is 0.642. The largest absolute Gasteiger partial charge is 0.312 e. The Labute approximate surface area is 93.1 Å². The second-order valence-corrected chi connectivity index (χ2v) is 5.12. The molecule has 1 N–H and O–H groups in total. The molecule has 1 aliphatic rings. The van der Waals surface area contributed by atoms with Crippen molar-refractivity contribution in [1.29, 1.82) is 0 Å². The van der Waals surface area contributed by atoms with E-state index < -0.39 is 0 Å². The number of halogens is 1. The van der Waals surface area contributed by atoms with Crippen LogP contribution in [0.1, 0.15) is 12.6 Å². The summed E-state index contributed by atoms with van der Waals surface area (Å²) >= 11 is 7.29. The molecule has 0 bridgehead atoms. The highest BCUT2D eigenvalue weighted by Gasteiger charge is 2.16. The molecule has 0 aliphatic carbocycles. The van der Waals surface area contributed by atoms with Crippen LogP contribution in [0.25, 0.3) is 0 Å². The normalized spacial score (nSPS) is 24.0. The van der Waals surface area contributed by atoms with E-state index in [4.69, 9.17) is 11.6 Å². The molecule has 2 rings (SSSR count). The number of nitrogens with zero attached hydrogens (tertiary/aromatic N) is 2. The molecule has 1 aromatic rings. The van der Waals surface area contributed by atoms with Gasteiger partial charge in [0.25, 0.3) is 0 Å². The molecule has 0 saturated carbocycles. The summed E-state index contributed by atoms with van der Waals surface area (Å²) in [5.74, 6) is 0. The summed E-state index contributed by atoms with van der Waals surface area (Å²) in [4.78, 5) is 6.66. The van der Waals surface area contributed by atoms with Crippen molar-refractivity contribution in [3.8, 4) is 0 Å². The quantitative estimate of drug-likeness (QED) is 0.838. The number of rotatable bonds is 2. The molecular formula is C9H14ClN3S. The summed E-state index contributed by atoms with van der Waals surface area (Å²) in [7, 11) is 0. The zero-order chi connectivity index (χ0) is 9.97. The minimum Gasteiger partial charge on any atom is -0.312 e. The van der Waals surface area contributed by atoms with Gasteiger partial charge in [-0.15, -0.1) is 11.3 Å². The fourth-order valence-electron chi connectivity index (χ4n) is 1.74. The van der Waals surface area contributed by atoms with Crippen LogP contribution in [-0.2, 0) is 6.54 Å². The van der Waals surface area contributed by atoms with Gasteiger partial charge in [0.2, 0.25) is 0 Å². The van der Waals surface area contributed by atoms with Crippen LogP contribution in [0.15, 0.2) is 5.38 Å². The lowest BCUT2D eigenvalue weighted by Gasteiger charge is -2.31. The predicted octanol–water partition coefficient (Wildman–Crippen LogP) is 1.59. The van der Waals surface area contributed by atoms with Crippen LogP contribution in [0.2, 0.25) is 4.47 Å². The predicted molar refractivity (Wildman–Crippen MR) is 59.9 cm³/mol. The maximum Gasteiger partial charge on any atom is 0.183 e. The fourth-order valence-corrected chi connectivity index (χ4v) is 2.51. The van der Waals surface area contributed by atoms with Gasteiger partial charge in [-0.2, -0.15) is 0 Å². The smallest absolute Gasteiger partial charge is 0.183 e. The maximum atomic E-state index is 5.78. The van der Waals surface area contributed by atoms with Crippen molar-refractivity contribution in [2.45, 2.75) is 19.5 Å². The Morgan fingerprint density at radius 1 is 1.79 bits per heavy atom. The number of hydrogen-bond donors (Lipinski definition) is 1. The average molecular weight is 232 g/mol. The Morgan fingerprint density at radius 2 is 2.64 bits per heavy atom. The molecule has 0 aromatic carbocycles. The Kier molecular flexibility index (Phi) is 3.38. The zero-order valence-electron chi connectivity index (χ0n) is 8.16. The number of piperazine rings is 1. The molecule has 78 valence electrons. The van der Waals surface area contributed by atoms with Gasteiger partial charge >= 0.3 is 0 Å². The van der Waals surface area contributed by atoms with Crippen LogP contribution < -0.4 is 5.32 Å². The molecule has 1 fully saturated rings. The van der Waals surface area contributed by atoms with Gasteiger partial charge in [0, 0.05) is 37.6 Å². The van der Waals surface area contributed by atoms with E-state index in [0.29, 0.717) is 10.5 Å². The van der Waals surface area contributed by atoms with E-state index in [2.05, 4.69) is 22.1 Å². The van der Waals surface area contributed by atoms with Crippen molar-refractivity contribution in [3.63, 3.8) is 0 Å². The minimum atomic E-state index is 0.581. The van der Waals surface area contributed by atoms with Crippen LogP contribution in [0, 0.1) is 0 Å². The molecule has 1 saturated heterocycles. The Balaban J connectivity index is 1.90. The molecule has 0 amide bonds. The Hall–Kier alpha value is -0.160. The topological polar surface area (TPSA) is 28.2 Å². The minimum absolute atomic E-state index is 0.581. The molecule has 1 unspecified atom stereocenters. The van der Waals surface area contributed by atoms with Gasteiger partial charge in [-0.1, -0.05) is 11.6 Å². The van der Waals surface area contributed by atoms with Crippen molar-refractivity contribution in [1.82, 2.24) is 15.2 Å². The van der Waals surface area contributed by atoms with Crippen LogP contribution in [0.3, 0.4) is 0 Å². The summed E-state index contributed by atoms with van der Waals surface area (Å²) in [5, 5.41) is 5.45.